The van der Waals surface area contributed by atoms with Gasteiger partial charge in [-0.05, 0) is 42.3 Å². The standard InChI is InChI=1S/C15H12N2O3S/c1-20-15(19)13-6-5-11(8-14(13)18)17-21-12-4-2-3-10(7-12)9-16/h2-8,17-18H,1H3. The minimum atomic E-state index is -0.589. The molecule has 0 aliphatic carbocycles. The number of aromatic hydroxyl groups is 1. The van der Waals surface area contributed by atoms with Gasteiger partial charge >= 0.3 is 5.97 Å². The minimum absolute atomic E-state index is 0.111. The zero-order valence-electron chi connectivity index (χ0n) is 11.2. The Bertz CT molecular complexity index is 710. The summed E-state index contributed by atoms with van der Waals surface area (Å²) in [5.41, 5.74) is 1.32. The van der Waals surface area contributed by atoms with Gasteiger partial charge in [0.05, 0.1) is 18.7 Å². The summed E-state index contributed by atoms with van der Waals surface area (Å²) in [5.74, 6) is -0.744. The van der Waals surface area contributed by atoms with Crippen molar-refractivity contribution in [2.75, 3.05) is 11.8 Å². The Morgan fingerprint density at radius 3 is 2.81 bits per heavy atom. The largest absolute Gasteiger partial charge is 0.507 e. The van der Waals surface area contributed by atoms with Crippen LogP contribution in [-0.4, -0.2) is 18.2 Å². The number of benzene rings is 2. The first-order valence-corrected chi connectivity index (χ1v) is 6.80. The first kappa shape index (κ1) is 14.8. The van der Waals surface area contributed by atoms with Gasteiger partial charge in [-0.2, -0.15) is 5.26 Å². The molecule has 0 bridgehead atoms. The van der Waals surface area contributed by atoms with Gasteiger partial charge in [0.1, 0.15) is 11.3 Å². The topological polar surface area (TPSA) is 82.3 Å². The number of rotatable bonds is 4. The van der Waals surface area contributed by atoms with Crippen LogP contribution in [0.25, 0.3) is 0 Å². The van der Waals surface area contributed by atoms with E-state index >= 15 is 0 Å². The molecule has 0 aromatic heterocycles. The Balaban J connectivity index is 2.08. The number of anilines is 1. The predicted molar refractivity (Wildman–Crippen MR) is 80.1 cm³/mol. The van der Waals surface area contributed by atoms with E-state index in [1.807, 2.05) is 6.07 Å². The zero-order chi connectivity index (χ0) is 15.2. The molecule has 0 fully saturated rings. The normalized spacial score (nSPS) is 9.71. The van der Waals surface area contributed by atoms with Crippen molar-refractivity contribution in [3.8, 4) is 11.8 Å². The third-order valence-electron chi connectivity index (χ3n) is 2.65. The van der Waals surface area contributed by atoms with Crippen molar-refractivity contribution in [1.29, 1.82) is 5.26 Å². The van der Waals surface area contributed by atoms with Crippen LogP contribution in [0.15, 0.2) is 47.4 Å². The second kappa shape index (κ2) is 6.68. The molecular weight excluding hydrogens is 288 g/mol. The van der Waals surface area contributed by atoms with Crippen molar-refractivity contribution < 1.29 is 14.6 Å². The molecule has 0 aliphatic heterocycles. The fourth-order valence-electron chi connectivity index (χ4n) is 1.62. The zero-order valence-corrected chi connectivity index (χ0v) is 12.0. The van der Waals surface area contributed by atoms with E-state index in [4.69, 9.17) is 5.26 Å². The first-order chi connectivity index (χ1) is 10.1. The van der Waals surface area contributed by atoms with Crippen molar-refractivity contribution in [3.05, 3.63) is 53.6 Å². The maximum atomic E-state index is 11.4. The fourth-order valence-corrected chi connectivity index (χ4v) is 2.32. The summed E-state index contributed by atoms with van der Waals surface area (Å²) in [4.78, 5) is 12.2. The van der Waals surface area contributed by atoms with Gasteiger partial charge in [-0.25, -0.2) is 4.79 Å². The number of carbonyl (C=O) groups excluding carboxylic acids is 1. The molecule has 0 heterocycles. The van der Waals surface area contributed by atoms with Gasteiger partial charge in [-0.15, -0.1) is 0 Å². The van der Waals surface area contributed by atoms with Crippen molar-refractivity contribution >= 4 is 23.6 Å². The van der Waals surface area contributed by atoms with E-state index in [-0.39, 0.29) is 11.3 Å². The molecule has 0 unspecified atom stereocenters. The van der Waals surface area contributed by atoms with Crippen LogP contribution in [0.4, 0.5) is 5.69 Å². The number of methoxy groups -OCH3 is 1. The number of nitriles is 1. The van der Waals surface area contributed by atoms with E-state index in [9.17, 15) is 9.90 Å². The van der Waals surface area contributed by atoms with Crippen LogP contribution in [0, 0.1) is 11.3 Å². The number of phenols is 1. The summed E-state index contributed by atoms with van der Waals surface area (Å²) >= 11 is 1.30. The summed E-state index contributed by atoms with van der Waals surface area (Å²) < 4.78 is 7.59. The molecule has 0 radical (unpaired) electrons. The summed E-state index contributed by atoms with van der Waals surface area (Å²) in [6, 6.07) is 13.8. The van der Waals surface area contributed by atoms with Crippen LogP contribution in [0.3, 0.4) is 0 Å². The van der Waals surface area contributed by atoms with Gasteiger partial charge in [0, 0.05) is 16.6 Å². The third kappa shape index (κ3) is 3.68. The molecule has 2 aromatic rings. The molecule has 0 aliphatic rings. The minimum Gasteiger partial charge on any atom is -0.507 e. The molecule has 6 heteroatoms. The highest BCUT2D eigenvalue weighted by Gasteiger charge is 2.11. The van der Waals surface area contributed by atoms with Crippen molar-refractivity contribution in [2.24, 2.45) is 0 Å². The van der Waals surface area contributed by atoms with Crippen LogP contribution in [0.2, 0.25) is 0 Å². The second-order valence-electron chi connectivity index (χ2n) is 4.07. The number of hydrogen-bond acceptors (Lipinski definition) is 6. The van der Waals surface area contributed by atoms with Crippen LogP contribution < -0.4 is 4.72 Å². The summed E-state index contributed by atoms with van der Waals surface area (Å²) in [6.07, 6.45) is 0. The average molecular weight is 300 g/mol. The number of hydrogen-bond donors (Lipinski definition) is 2. The Hall–Kier alpha value is -2.65. The summed E-state index contributed by atoms with van der Waals surface area (Å²) in [7, 11) is 1.26. The fraction of sp³-hybridized carbons (Fsp3) is 0.0667. The molecule has 2 N–H and O–H groups in total. The lowest BCUT2D eigenvalue weighted by atomic mass is 10.2. The highest BCUT2D eigenvalue weighted by Crippen LogP contribution is 2.27. The SMILES string of the molecule is COC(=O)c1ccc(NSc2cccc(C#N)c2)cc1O. The van der Waals surface area contributed by atoms with E-state index in [1.54, 1.807) is 24.3 Å². The molecule has 0 atom stereocenters. The van der Waals surface area contributed by atoms with Gasteiger partial charge in [0.25, 0.3) is 0 Å². The predicted octanol–water partition coefficient (Wildman–Crippen LogP) is 3.17. The van der Waals surface area contributed by atoms with E-state index in [0.29, 0.717) is 11.3 Å². The Morgan fingerprint density at radius 2 is 2.14 bits per heavy atom. The van der Waals surface area contributed by atoms with E-state index < -0.39 is 5.97 Å². The van der Waals surface area contributed by atoms with E-state index in [0.717, 1.165) is 4.90 Å². The first-order valence-electron chi connectivity index (χ1n) is 5.98. The number of esters is 1. The number of nitrogens with one attached hydrogen (secondary N) is 1. The number of phenolic OH excluding ortho intramolecular Hbond substituents is 1. The second-order valence-corrected chi connectivity index (χ2v) is 4.95. The Kier molecular flexibility index (Phi) is 4.69. The number of ether oxygens (including phenoxy) is 1. The van der Waals surface area contributed by atoms with Crippen LogP contribution in [-0.2, 0) is 4.74 Å². The van der Waals surface area contributed by atoms with Crippen molar-refractivity contribution in [3.63, 3.8) is 0 Å². The van der Waals surface area contributed by atoms with Crippen molar-refractivity contribution in [1.82, 2.24) is 0 Å². The molecule has 5 nitrogen and oxygen atoms in total. The maximum absolute atomic E-state index is 11.4. The maximum Gasteiger partial charge on any atom is 0.341 e. The summed E-state index contributed by atoms with van der Waals surface area (Å²) in [5, 5.41) is 18.6. The monoisotopic (exact) mass is 300 g/mol. The Labute approximate surface area is 126 Å². The lowest BCUT2D eigenvalue weighted by Gasteiger charge is -2.08. The van der Waals surface area contributed by atoms with Crippen molar-refractivity contribution in [2.45, 2.75) is 4.90 Å². The van der Waals surface area contributed by atoms with E-state index in [1.165, 1.54) is 31.2 Å². The van der Waals surface area contributed by atoms with Gasteiger partial charge < -0.3 is 14.6 Å². The smallest absolute Gasteiger partial charge is 0.341 e. The van der Waals surface area contributed by atoms with Crippen LogP contribution in [0.1, 0.15) is 15.9 Å². The Morgan fingerprint density at radius 1 is 1.33 bits per heavy atom. The highest BCUT2D eigenvalue weighted by atomic mass is 32.2. The van der Waals surface area contributed by atoms with E-state index in [2.05, 4.69) is 15.5 Å². The third-order valence-corrected chi connectivity index (χ3v) is 3.48. The van der Waals surface area contributed by atoms with Gasteiger partial charge in [-0.3, -0.25) is 0 Å². The molecule has 0 saturated heterocycles. The van der Waals surface area contributed by atoms with Gasteiger partial charge in [-0.1, -0.05) is 6.07 Å². The quantitative estimate of drug-likeness (QED) is 0.666. The molecule has 2 aromatic carbocycles. The molecule has 0 saturated carbocycles. The lowest BCUT2D eigenvalue weighted by Crippen LogP contribution is -2.01. The molecular formula is C15H12N2O3S. The molecule has 106 valence electrons. The van der Waals surface area contributed by atoms with Gasteiger partial charge in [0.15, 0.2) is 0 Å². The number of nitrogens with zero attached hydrogens (tertiary/aromatic N) is 1. The average Bonchev–Trinajstić information content (AvgIpc) is 2.52. The molecule has 2 rings (SSSR count). The van der Waals surface area contributed by atoms with Crippen LogP contribution in [0.5, 0.6) is 5.75 Å². The highest BCUT2D eigenvalue weighted by molar-refractivity contribution is 8.00. The van der Waals surface area contributed by atoms with Gasteiger partial charge in [0.2, 0.25) is 0 Å². The van der Waals surface area contributed by atoms with Crippen LogP contribution >= 0.6 is 11.9 Å². The molecule has 21 heavy (non-hydrogen) atoms. The number of carbonyl (C=O) groups is 1. The molecule has 0 amide bonds. The summed E-state index contributed by atoms with van der Waals surface area (Å²) in [6.45, 7) is 0. The lowest BCUT2D eigenvalue weighted by molar-refractivity contribution is 0.0597. The molecule has 0 spiro atoms.